The fourth-order valence-electron chi connectivity index (χ4n) is 3.16. The fourth-order valence-corrected chi connectivity index (χ4v) is 4.08. The summed E-state index contributed by atoms with van der Waals surface area (Å²) in [7, 11) is 0. The second-order valence-electron chi connectivity index (χ2n) is 6.37. The Hall–Kier alpha value is -2.09. The quantitative estimate of drug-likeness (QED) is 0.837. The normalized spacial score (nSPS) is 17.1. The molecule has 0 aliphatic carbocycles. The highest BCUT2D eigenvalue weighted by Crippen LogP contribution is 2.36. The highest BCUT2D eigenvalue weighted by molar-refractivity contribution is 7.17. The zero-order valence-electron chi connectivity index (χ0n) is 14.6. The van der Waals surface area contributed by atoms with E-state index in [-0.39, 0.29) is 5.91 Å². The second-order valence-corrected chi connectivity index (χ2v) is 7.45. The largest absolute Gasteiger partial charge is 0.486 e. The van der Waals surface area contributed by atoms with E-state index in [2.05, 4.69) is 15.5 Å². The summed E-state index contributed by atoms with van der Waals surface area (Å²) in [5.41, 5.74) is 1.04. The van der Waals surface area contributed by atoms with Gasteiger partial charge in [-0.25, -0.2) is 0 Å². The third kappa shape index (κ3) is 4.00. The molecule has 1 saturated heterocycles. The van der Waals surface area contributed by atoms with Gasteiger partial charge in [0.15, 0.2) is 11.5 Å². The number of nitrogens with one attached hydrogen (secondary N) is 2. The zero-order chi connectivity index (χ0) is 17.8. The maximum atomic E-state index is 12.4. The number of benzene rings is 1. The van der Waals surface area contributed by atoms with Crippen molar-refractivity contribution in [3.63, 3.8) is 0 Å². The lowest BCUT2D eigenvalue weighted by Crippen LogP contribution is -2.46. The predicted molar refractivity (Wildman–Crippen MR) is 102 cm³/mol. The molecular formula is C19H23N3O3S. The van der Waals surface area contributed by atoms with E-state index in [0.717, 1.165) is 59.5 Å². The highest BCUT2D eigenvalue weighted by Gasteiger charge is 2.15. The number of carbonyl (C=O) groups is 1. The van der Waals surface area contributed by atoms with Crippen molar-refractivity contribution in [1.29, 1.82) is 0 Å². The van der Waals surface area contributed by atoms with Crippen LogP contribution in [0.5, 0.6) is 11.5 Å². The Morgan fingerprint density at radius 1 is 1.12 bits per heavy atom. The fraction of sp³-hybridized carbons (Fsp3) is 0.421. The van der Waals surface area contributed by atoms with Crippen LogP contribution < -0.4 is 20.1 Å². The van der Waals surface area contributed by atoms with Crippen LogP contribution in [0.1, 0.15) is 9.67 Å². The van der Waals surface area contributed by atoms with Gasteiger partial charge in [0.25, 0.3) is 5.91 Å². The van der Waals surface area contributed by atoms with E-state index in [4.69, 9.17) is 9.47 Å². The highest BCUT2D eigenvalue weighted by atomic mass is 32.1. The molecule has 1 fully saturated rings. The van der Waals surface area contributed by atoms with Crippen molar-refractivity contribution in [1.82, 2.24) is 15.5 Å². The molecule has 2 aromatic rings. The number of piperazine rings is 1. The Balaban J connectivity index is 1.35. The van der Waals surface area contributed by atoms with Gasteiger partial charge in [-0.15, -0.1) is 11.3 Å². The van der Waals surface area contributed by atoms with Crippen molar-refractivity contribution in [2.45, 2.75) is 0 Å². The van der Waals surface area contributed by atoms with E-state index >= 15 is 0 Å². The van der Waals surface area contributed by atoms with Crippen molar-refractivity contribution >= 4 is 17.2 Å². The molecule has 7 heteroatoms. The Morgan fingerprint density at radius 2 is 1.92 bits per heavy atom. The molecule has 0 unspecified atom stereocenters. The summed E-state index contributed by atoms with van der Waals surface area (Å²) in [6.45, 7) is 6.87. The average molecular weight is 373 g/mol. The SMILES string of the molecule is O=C(NCCN1CCNCC1)c1ccc(-c2ccc3c(c2)OCCO3)s1. The first kappa shape index (κ1) is 17.3. The summed E-state index contributed by atoms with van der Waals surface area (Å²) in [6, 6.07) is 9.78. The van der Waals surface area contributed by atoms with Gasteiger partial charge in [0, 0.05) is 44.1 Å². The first-order chi connectivity index (χ1) is 12.8. The lowest BCUT2D eigenvalue weighted by atomic mass is 10.1. The minimum absolute atomic E-state index is 0.00562. The lowest BCUT2D eigenvalue weighted by molar-refractivity contribution is 0.0951. The van der Waals surface area contributed by atoms with E-state index in [0.29, 0.717) is 19.8 Å². The van der Waals surface area contributed by atoms with Crippen LogP contribution in [0.3, 0.4) is 0 Å². The lowest BCUT2D eigenvalue weighted by Gasteiger charge is -2.26. The molecule has 0 atom stereocenters. The van der Waals surface area contributed by atoms with Gasteiger partial charge in [-0.1, -0.05) is 0 Å². The van der Waals surface area contributed by atoms with Gasteiger partial charge >= 0.3 is 0 Å². The van der Waals surface area contributed by atoms with Gasteiger partial charge in [-0.2, -0.15) is 0 Å². The molecular weight excluding hydrogens is 350 g/mol. The predicted octanol–water partition coefficient (Wildman–Crippen LogP) is 1.82. The Morgan fingerprint density at radius 3 is 2.77 bits per heavy atom. The molecule has 0 spiro atoms. The van der Waals surface area contributed by atoms with E-state index < -0.39 is 0 Å². The number of hydrogen-bond donors (Lipinski definition) is 2. The summed E-state index contributed by atoms with van der Waals surface area (Å²) in [4.78, 5) is 16.5. The zero-order valence-corrected chi connectivity index (χ0v) is 15.4. The molecule has 138 valence electrons. The Kier molecular flexibility index (Phi) is 5.38. The third-order valence-corrected chi connectivity index (χ3v) is 5.71. The molecule has 0 bridgehead atoms. The van der Waals surface area contributed by atoms with Crippen molar-refractivity contribution in [2.24, 2.45) is 0 Å². The van der Waals surface area contributed by atoms with Gasteiger partial charge in [0.1, 0.15) is 13.2 Å². The number of amides is 1. The minimum Gasteiger partial charge on any atom is -0.486 e. The molecule has 6 nitrogen and oxygen atoms in total. The molecule has 2 N–H and O–H groups in total. The summed E-state index contributed by atoms with van der Waals surface area (Å²) in [5.74, 6) is 1.54. The van der Waals surface area contributed by atoms with Crippen LogP contribution in [0.25, 0.3) is 10.4 Å². The number of carbonyl (C=O) groups excluding carboxylic acids is 1. The molecule has 1 amide bonds. The number of nitrogens with zero attached hydrogens (tertiary/aromatic N) is 1. The maximum absolute atomic E-state index is 12.4. The van der Waals surface area contributed by atoms with Gasteiger partial charge in [0.05, 0.1) is 4.88 Å². The van der Waals surface area contributed by atoms with Crippen molar-refractivity contribution < 1.29 is 14.3 Å². The average Bonchev–Trinajstić information content (AvgIpc) is 3.19. The molecule has 26 heavy (non-hydrogen) atoms. The van der Waals surface area contributed by atoms with Crippen LogP contribution >= 0.6 is 11.3 Å². The van der Waals surface area contributed by atoms with Crippen molar-refractivity contribution in [3.8, 4) is 21.9 Å². The molecule has 2 aliphatic rings. The molecule has 0 radical (unpaired) electrons. The first-order valence-electron chi connectivity index (χ1n) is 9.01. The van der Waals surface area contributed by atoms with Crippen LogP contribution in [-0.2, 0) is 0 Å². The van der Waals surface area contributed by atoms with Crippen LogP contribution in [0, 0.1) is 0 Å². The monoisotopic (exact) mass is 373 g/mol. The first-order valence-corrected chi connectivity index (χ1v) is 9.82. The number of hydrogen-bond acceptors (Lipinski definition) is 6. The van der Waals surface area contributed by atoms with Gasteiger partial charge < -0.3 is 20.1 Å². The molecule has 0 saturated carbocycles. The Labute approximate surface area is 157 Å². The maximum Gasteiger partial charge on any atom is 0.261 e. The smallest absolute Gasteiger partial charge is 0.261 e. The second kappa shape index (κ2) is 8.07. The molecule has 3 heterocycles. The number of ether oxygens (including phenoxy) is 2. The standard InChI is InChI=1S/C19H23N3O3S/c23-19(21-7-10-22-8-5-20-6-9-22)18-4-3-17(26-18)14-1-2-15-16(13-14)25-12-11-24-15/h1-4,13,20H,5-12H2,(H,21,23). The molecule has 2 aliphatic heterocycles. The number of fused-ring (bicyclic) bond motifs is 1. The van der Waals surface area contributed by atoms with E-state index in [1.807, 2.05) is 30.3 Å². The van der Waals surface area contributed by atoms with Crippen molar-refractivity contribution in [2.75, 3.05) is 52.5 Å². The van der Waals surface area contributed by atoms with Crippen LogP contribution in [0.4, 0.5) is 0 Å². The third-order valence-electron chi connectivity index (χ3n) is 4.58. The molecule has 1 aromatic carbocycles. The summed E-state index contributed by atoms with van der Waals surface area (Å²) < 4.78 is 11.2. The van der Waals surface area contributed by atoms with E-state index in [9.17, 15) is 4.79 Å². The molecule has 1 aromatic heterocycles. The van der Waals surface area contributed by atoms with Crippen LogP contribution in [0.15, 0.2) is 30.3 Å². The van der Waals surface area contributed by atoms with Crippen LogP contribution in [-0.4, -0.2) is 63.3 Å². The summed E-state index contributed by atoms with van der Waals surface area (Å²) in [5, 5.41) is 6.36. The number of rotatable bonds is 5. The minimum atomic E-state index is -0.00562. The van der Waals surface area contributed by atoms with Gasteiger partial charge in [0.2, 0.25) is 0 Å². The summed E-state index contributed by atoms with van der Waals surface area (Å²) >= 11 is 1.50. The Bertz CT molecular complexity index is 771. The number of thiophene rings is 1. The van der Waals surface area contributed by atoms with E-state index in [1.165, 1.54) is 11.3 Å². The molecule has 4 rings (SSSR count). The van der Waals surface area contributed by atoms with Crippen LogP contribution in [0.2, 0.25) is 0 Å². The van der Waals surface area contributed by atoms with E-state index in [1.54, 1.807) is 0 Å². The van der Waals surface area contributed by atoms with Crippen molar-refractivity contribution in [3.05, 3.63) is 35.2 Å². The van der Waals surface area contributed by atoms with Gasteiger partial charge in [-0.05, 0) is 35.9 Å². The van der Waals surface area contributed by atoms with Gasteiger partial charge in [-0.3, -0.25) is 9.69 Å². The topological polar surface area (TPSA) is 62.8 Å². The summed E-state index contributed by atoms with van der Waals surface area (Å²) in [6.07, 6.45) is 0.